The van der Waals surface area contributed by atoms with Crippen LogP contribution >= 0.6 is 0 Å². The summed E-state index contributed by atoms with van der Waals surface area (Å²) in [5, 5.41) is 0. The molecular formula is C19H27N3O3. The average Bonchev–Trinajstić information content (AvgIpc) is 3.30. The molecule has 136 valence electrons. The minimum atomic E-state index is -0.0199. The topological polar surface area (TPSA) is 54.9 Å². The first kappa shape index (κ1) is 16.9. The maximum Gasteiger partial charge on any atom is 0.255 e. The highest BCUT2D eigenvalue weighted by Gasteiger charge is 2.46. The molecule has 3 aliphatic rings. The molecule has 6 nitrogen and oxygen atoms in total. The fourth-order valence-corrected chi connectivity index (χ4v) is 4.28. The van der Waals surface area contributed by atoms with E-state index in [4.69, 9.17) is 9.47 Å². The third-order valence-corrected chi connectivity index (χ3v) is 5.58. The van der Waals surface area contributed by atoms with Crippen LogP contribution in [0, 0.1) is 0 Å². The van der Waals surface area contributed by atoms with Gasteiger partial charge in [0.05, 0.1) is 24.8 Å². The molecule has 1 aromatic rings. The molecule has 3 fully saturated rings. The van der Waals surface area contributed by atoms with Gasteiger partial charge in [0.2, 0.25) is 0 Å². The molecule has 1 amide bonds. The van der Waals surface area contributed by atoms with Gasteiger partial charge in [-0.25, -0.2) is 0 Å². The van der Waals surface area contributed by atoms with Crippen molar-refractivity contribution in [2.24, 2.45) is 0 Å². The lowest BCUT2D eigenvalue weighted by Crippen LogP contribution is -2.44. The number of fused-ring (bicyclic) bond motifs is 1. The zero-order chi connectivity index (χ0) is 17.1. The van der Waals surface area contributed by atoms with Crippen molar-refractivity contribution in [1.29, 1.82) is 0 Å². The van der Waals surface area contributed by atoms with Crippen LogP contribution in [0.4, 0.5) is 0 Å². The van der Waals surface area contributed by atoms with Crippen molar-refractivity contribution in [1.82, 2.24) is 14.8 Å². The molecule has 3 saturated heterocycles. The van der Waals surface area contributed by atoms with Crippen LogP contribution in [-0.4, -0.2) is 78.3 Å². The van der Waals surface area contributed by atoms with Crippen LogP contribution in [0.5, 0.6) is 0 Å². The summed E-state index contributed by atoms with van der Waals surface area (Å²) in [6.45, 7) is 5.44. The minimum Gasteiger partial charge on any atom is -0.373 e. The van der Waals surface area contributed by atoms with Gasteiger partial charge in [0, 0.05) is 25.5 Å². The molecule has 0 spiro atoms. The number of nitrogens with zero attached hydrogens (tertiary/aromatic N) is 3. The second-order valence-electron chi connectivity index (χ2n) is 7.20. The summed E-state index contributed by atoms with van der Waals surface area (Å²) in [7, 11) is 0. The number of ether oxygens (including phenoxy) is 2. The number of hydrogen-bond acceptors (Lipinski definition) is 5. The first-order chi connectivity index (χ1) is 12.3. The van der Waals surface area contributed by atoms with E-state index in [1.807, 2.05) is 17.0 Å². The minimum absolute atomic E-state index is 0.00736. The van der Waals surface area contributed by atoms with Crippen LogP contribution in [0.2, 0.25) is 0 Å². The SMILES string of the molecule is O=C(c1cccnc1)N1C[C@H](OCCN2CCCC2)[C@H]2OCCC[C@H]21. The number of amides is 1. The molecule has 0 radical (unpaired) electrons. The molecule has 0 unspecified atom stereocenters. The van der Waals surface area contributed by atoms with Crippen molar-refractivity contribution < 1.29 is 14.3 Å². The van der Waals surface area contributed by atoms with Crippen LogP contribution in [0.3, 0.4) is 0 Å². The van der Waals surface area contributed by atoms with Crippen LogP contribution < -0.4 is 0 Å². The number of hydrogen-bond donors (Lipinski definition) is 0. The van der Waals surface area contributed by atoms with Gasteiger partial charge < -0.3 is 19.3 Å². The molecule has 1 aromatic heterocycles. The van der Waals surface area contributed by atoms with Crippen molar-refractivity contribution in [2.45, 2.75) is 43.9 Å². The van der Waals surface area contributed by atoms with Gasteiger partial charge in [0.15, 0.2) is 0 Å². The Hall–Kier alpha value is -1.50. The quantitative estimate of drug-likeness (QED) is 0.811. The van der Waals surface area contributed by atoms with Gasteiger partial charge in [-0.3, -0.25) is 9.78 Å². The Morgan fingerprint density at radius 3 is 3.00 bits per heavy atom. The number of pyridine rings is 1. The molecule has 4 heterocycles. The monoisotopic (exact) mass is 345 g/mol. The normalized spacial score (nSPS) is 29.8. The zero-order valence-corrected chi connectivity index (χ0v) is 14.7. The first-order valence-corrected chi connectivity index (χ1v) is 9.49. The van der Waals surface area contributed by atoms with E-state index in [0.29, 0.717) is 18.7 Å². The van der Waals surface area contributed by atoms with Crippen molar-refractivity contribution >= 4 is 5.91 Å². The average molecular weight is 345 g/mol. The Labute approximate surface area is 149 Å². The summed E-state index contributed by atoms with van der Waals surface area (Å²) in [4.78, 5) is 21.4. The molecule has 0 saturated carbocycles. The second-order valence-corrected chi connectivity index (χ2v) is 7.20. The van der Waals surface area contributed by atoms with Gasteiger partial charge in [0.1, 0.15) is 12.2 Å². The third-order valence-electron chi connectivity index (χ3n) is 5.58. The highest BCUT2D eigenvalue weighted by molar-refractivity contribution is 5.94. The summed E-state index contributed by atoms with van der Waals surface area (Å²) in [6, 6.07) is 3.76. The molecule has 4 rings (SSSR count). The lowest BCUT2D eigenvalue weighted by molar-refractivity contribution is -0.0782. The summed E-state index contributed by atoms with van der Waals surface area (Å²) in [6.07, 6.45) is 7.90. The van der Waals surface area contributed by atoms with E-state index < -0.39 is 0 Å². The van der Waals surface area contributed by atoms with Gasteiger partial charge in [-0.05, 0) is 50.9 Å². The maximum atomic E-state index is 12.9. The summed E-state index contributed by atoms with van der Waals surface area (Å²) in [5.74, 6) is 0.0410. The predicted octanol–water partition coefficient (Wildman–Crippen LogP) is 1.57. The Bertz CT molecular complexity index is 577. The standard InChI is InChI=1S/C19H27N3O3/c23-19(15-5-3-7-20-13-15)22-14-17(18-16(22)6-4-11-25-18)24-12-10-21-8-1-2-9-21/h3,5,7,13,16-18H,1-2,4,6,8-12,14H2/t16-,17+,18+/m1/s1. The van der Waals surface area contributed by atoms with Gasteiger partial charge in [-0.1, -0.05) is 0 Å². The molecule has 3 atom stereocenters. The van der Waals surface area contributed by atoms with Crippen LogP contribution in [-0.2, 0) is 9.47 Å². The number of aromatic nitrogens is 1. The summed E-state index contributed by atoms with van der Waals surface area (Å²) in [5.41, 5.74) is 0.643. The highest BCUT2D eigenvalue weighted by atomic mass is 16.5. The Morgan fingerprint density at radius 2 is 2.20 bits per heavy atom. The largest absolute Gasteiger partial charge is 0.373 e. The fraction of sp³-hybridized carbons (Fsp3) is 0.684. The molecule has 3 aliphatic heterocycles. The van der Waals surface area contributed by atoms with Crippen LogP contribution in [0.25, 0.3) is 0 Å². The number of carbonyl (C=O) groups is 1. The number of carbonyl (C=O) groups excluding carboxylic acids is 1. The van der Waals surface area contributed by atoms with Gasteiger partial charge in [-0.15, -0.1) is 0 Å². The molecule has 0 bridgehead atoms. The molecule has 0 aromatic carbocycles. The van der Waals surface area contributed by atoms with E-state index in [-0.39, 0.29) is 24.2 Å². The zero-order valence-electron chi connectivity index (χ0n) is 14.7. The summed E-state index contributed by atoms with van der Waals surface area (Å²) >= 11 is 0. The van der Waals surface area contributed by atoms with Gasteiger partial charge in [0.25, 0.3) is 5.91 Å². The lowest BCUT2D eigenvalue weighted by Gasteiger charge is -2.32. The van der Waals surface area contributed by atoms with E-state index in [1.165, 1.54) is 25.9 Å². The van der Waals surface area contributed by atoms with E-state index in [0.717, 1.165) is 26.0 Å². The maximum absolute atomic E-state index is 12.9. The van der Waals surface area contributed by atoms with Crippen molar-refractivity contribution in [2.75, 3.05) is 39.4 Å². The fourth-order valence-electron chi connectivity index (χ4n) is 4.28. The molecule has 0 N–H and O–H groups in total. The van der Waals surface area contributed by atoms with Crippen LogP contribution in [0.1, 0.15) is 36.0 Å². The number of likely N-dealkylation sites (tertiary alicyclic amines) is 2. The van der Waals surface area contributed by atoms with E-state index in [1.54, 1.807) is 12.4 Å². The Morgan fingerprint density at radius 1 is 1.32 bits per heavy atom. The second kappa shape index (κ2) is 7.81. The molecular weight excluding hydrogens is 318 g/mol. The molecule has 0 aliphatic carbocycles. The predicted molar refractivity (Wildman–Crippen MR) is 93.4 cm³/mol. The van der Waals surface area contributed by atoms with E-state index >= 15 is 0 Å². The van der Waals surface area contributed by atoms with Crippen molar-refractivity contribution in [3.63, 3.8) is 0 Å². The summed E-state index contributed by atoms with van der Waals surface area (Å²) < 4.78 is 12.2. The Kier molecular flexibility index (Phi) is 5.29. The molecule has 25 heavy (non-hydrogen) atoms. The van der Waals surface area contributed by atoms with Crippen LogP contribution in [0.15, 0.2) is 24.5 Å². The molecule has 6 heteroatoms. The lowest BCUT2D eigenvalue weighted by atomic mass is 10.0. The van der Waals surface area contributed by atoms with E-state index in [9.17, 15) is 4.79 Å². The van der Waals surface area contributed by atoms with Crippen molar-refractivity contribution in [3.8, 4) is 0 Å². The van der Waals surface area contributed by atoms with Crippen molar-refractivity contribution in [3.05, 3.63) is 30.1 Å². The van der Waals surface area contributed by atoms with Gasteiger partial charge in [-0.2, -0.15) is 0 Å². The van der Waals surface area contributed by atoms with Gasteiger partial charge >= 0.3 is 0 Å². The third kappa shape index (κ3) is 3.71. The smallest absolute Gasteiger partial charge is 0.255 e. The van der Waals surface area contributed by atoms with E-state index in [2.05, 4.69) is 9.88 Å². The first-order valence-electron chi connectivity index (χ1n) is 9.49. The Balaban J connectivity index is 1.39. The highest BCUT2D eigenvalue weighted by Crippen LogP contribution is 2.31. The number of rotatable bonds is 5.